The second-order valence-electron chi connectivity index (χ2n) is 5.47. The summed E-state index contributed by atoms with van der Waals surface area (Å²) in [5.74, 6) is -3.12. The SMILES string of the molecule is CC(=O)Nc1c(I)c(NC(C)=O)c(I)c(C(=O)O)c1I.N[C@@H](COP(=O)(O)O)C(=O)O. The maximum atomic E-state index is 11.4. The van der Waals surface area contributed by atoms with E-state index in [1.54, 1.807) is 0 Å². The number of carboxylic acid groups (broad SMARTS) is 2. The number of aliphatic carboxylic acids is 1. The van der Waals surface area contributed by atoms with E-state index in [4.69, 9.17) is 20.6 Å². The van der Waals surface area contributed by atoms with Crippen LogP contribution in [-0.2, 0) is 23.5 Å². The fourth-order valence-corrected chi connectivity index (χ4v) is 6.19. The third-order valence-corrected chi connectivity index (χ3v) is 6.59. The van der Waals surface area contributed by atoms with Crippen LogP contribution in [-0.4, -0.2) is 56.4 Å². The molecule has 1 atom stereocenters. The number of hydrogen-bond acceptors (Lipinski definition) is 7. The molecule has 0 spiro atoms. The third-order valence-electron chi connectivity index (χ3n) is 2.87. The van der Waals surface area contributed by atoms with E-state index in [1.165, 1.54) is 13.8 Å². The highest BCUT2D eigenvalue weighted by atomic mass is 127. The van der Waals surface area contributed by atoms with Crippen molar-refractivity contribution in [3.63, 3.8) is 0 Å². The van der Waals surface area contributed by atoms with Crippen LogP contribution in [0.3, 0.4) is 0 Å². The molecule has 17 heteroatoms. The lowest BCUT2D eigenvalue weighted by Crippen LogP contribution is -2.34. The van der Waals surface area contributed by atoms with Crippen LogP contribution in [0.1, 0.15) is 24.2 Å². The van der Waals surface area contributed by atoms with Crippen LogP contribution in [0.4, 0.5) is 11.4 Å². The molecule has 0 aliphatic carbocycles. The minimum atomic E-state index is -4.60. The van der Waals surface area contributed by atoms with Gasteiger partial charge in [0.2, 0.25) is 11.8 Å². The second-order valence-corrected chi connectivity index (χ2v) is 9.94. The van der Waals surface area contributed by atoms with Gasteiger partial charge in [-0.05, 0) is 67.8 Å². The van der Waals surface area contributed by atoms with E-state index >= 15 is 0 Å². The van der Waals surface area contributed by atoms with Gasteiger partial charge in [-0.3, -0.25) is 18.9 Å². The number of carbonyl (C=O) groups is 4. The van der Waals surface area contributed by atoms with E-state index in [0.717, 1.165) is 0 Å². The van der Waals surface area contributed by atoms with Crippen molar-refractivity contribution in [1.82, 2.24) is 0 Å². The lowest BCUT2D eigenvalue weighted by atomic mass is 10.1. The lowest BCUT2D eigenvalue weighted by Gasteiger charge is -2.17. The number of halogens is 3. The summed E-state index contributed by atoms with van der Waals surface area (Å²) < 4.78 is 15.2. The molecule has 2 amide bonds. The van der Waals surface area contributed by atoms with Gasteiger partial charge in [0.15, 0.2) is 0 Å². The van der Waals surface area contributed by atoms with E-state index in [2.05, 4.69) is 15.2 Å². The summed E-state index contributed by atoms with van der Waals surface area (Å²) in [5, 5.41) is 22.6. The summed E-state index contributed by atoms with van der Waals surface area (Å²) >= 11 is 5.71. The Hall–Kier alpha value is -0.640. The van der Waals surface area contributed by atoms with Crippen LogP contribution in [0.2, 0.25) is 0 Å². The Balaban J connectivity index is 0.000000695. The van der Waals surface area contributed by atoms with Gasteiger partial charge in [-0.2, -0.15) is 0 Å². The summed E-state index contributed by atoms with van der Waals surface area (Å²) in [4.78, 5) is 60.1. The highest BCUT2D eigenvalue weighted by molar-refractivity contribution is 14.1. The summed E-state index contributed by atoms with van der Waals surface area (Å²) in [5.41, 5.74) is 5.69. The molecule has 1 aromatic carbocycles. The molecule has 0 saturated carbocycles. The average molecular weight is 799 g/mol. The molecule has 0 fully saturated rings. The molecule has 0 unspecified atom stereocenters. The first kappa shape index (κ1) is 30.4. The van der Waals surface area contributed by atoms with Gasteiger partial charge in [0.1, 0.15) is 6.04 Å². The first-order valence-corrected chi connectivity index (χ1v) is 12.4. The molecule has 13 nitrogen and oxygen atoms in total. The van der Waals surface area contributed by atoms with Gasteiger partial charge in [0, 0.05) is 13.8 Å². The van der Waals surface area contributed by atoms with Gasteiger partial charge in [0.05, 0.1) is 34.3 Å². The Labute approximate surface area is 216 Å². The molecule has 31 heavy (non-hydrogen) atoms. The third kappa shape index (κ3) is 10.7. The maximum absolute atomic E-state index is 11.4. The van der Waals surface area contributed by atoms with Gasteiger partial charge in [-0.25, -0.2) is 9.36 Å². The van der Waals surface area contributed by atoms with Gasteiger partial charge in [0.25, 0.3) is 0 Å². The number of phosphoric acid groups is 1. The number of amides is 2. The average Bonchev–Trinajstić information content (AvgIpc) is 2.59. The van der Waals surface area contributed by atoms with Gasteiger partial charge in [-0.1, -0.05) is 0 Å². The fraction of sp³-hybridized carbons (Fsp3) is 0.286. The van der Waals surface area contributed by atoms with Crippen molar-refractivity contribution in [3.05, 3.63) is 16.3 Å². The molecule has 8 N–H and O–H groups in total. The van der Waals surface area contributed by atoms with Crippen molar-refractivity contribution in [2.75, 3.05) is 17.2 Å². The van der Waals surface area contributed by atoms with Crippen LogP contribution < -0.4 is 16.4 Å². The highest BCUT2D eigenvalue weighted by Crippen LogP contribution is 2.39. The highest BCUT2D eigenvalue weighted by Gasteiger charge is 2.25. The smallest absolute Gasteiger partial charge is 0.469 e. The van der Waals surface area contributed by atoms with Crippen LogP contribution in [0.5, 0.6) is 0 Å². The van der Waals surface area contributed by atoms with E-state index in [-0.39, 0.29) is 17.4 Å². The zero-order valence-electron chi connectivity index (χ0n) is 15.7. The molecular formula is C14H17I3N3O10P. The molecule has 0 saturated heterocycles. The largest absolute Gasteiger partial charge is 0.480 e. The molecule has 1 rings (SSSR count). The Kier molecular flexibility index (Phi) is 12.9. The van der Waals surface area contributed by atoms with Crippen LogP contribution in [0.15, 0.2) is 0 Å². The first-order valence-electron chi connectivity index (χ1n) is 7.66. The van der Waals surface area contributed by atoms with Gasteiger partial charge >= 0.3 is 19.8 Å². The number of carboxylic acids is 2. The number of nitrogens with one attached hydrogen (secondary N) is 2. The summed E-state index contributed by atoms with van der Waals surface area (Å²) in [6.07, 6.45) is 0. The Morgan fingerprint density at radius 1 is 0.968 bits per heavy atom. The van der Waals surface area contributed by atoms with E-state index in [9.17, 15) is 28.8 Å². The predicted molar refractivity (Wildman–Crippen MR) is 134 cm³/mol. The van der Waals surface area contributed by atoms with Crippen LogP contribution in [0.25, 0.3) is 0 Å². The fourth-order valence-electron chi connectivity index (χ4n) is 1.67. The number of hydrogen-bond donors (Lipinski definition) is 7. The molecular weight excluding hydrogens is 782 g/mol. The molecule has 0 radical (unpaired) electrons. The van der Waals surface area contributed by atoms with Crippen molar-refractivity contribution in [3.8, 4) is 0 Å². The van der Waals surface area contributed by atoms with Crippen molar-refractivity contribution in [2.24, 2.45) is 5.73 Å². The Morgan fingerprint density at radius 3 is 1.61 bits per heavy atom. The standard InChI is InChI=1S/C11H9I3N2O4.C3H8NO6P/c1-3(17)15-9-6(12)5(11(19)20)7(13)10(8(9)14)16-4(2)18;4-2(3(5)6)1-10-11(7,8)9/h1-2H3,(H,15,17)(H,16,18)(H,19,20);2H,1,4H2,(H,5,6)(H2,7,8,9)/t;2-/m.0/s1. The van der Waals surface area contributed by atoms with Crippen molar-refractivity contribution in [1.29, 1.82) is 0 Å². The number of anilines is 2. The predicted octanol–water partition coefficient (Wildman–Crippen LogP) is 1.62. The molecule has 0 aliphatic heterocycles. The Morgan fingerprint density at radius 2 is 1.35 bits per heavy atom. The normalized spacial score (nSPS) is 11.6. The Bertz CT molecular complexity index is 894. The topological polar surface area (TPSA) is 226 Å². The van der Waals surface area contributed by atoms with Crippen molar-refractivity contribution < 1.29 is 48.3 Å². The molecule has 0 aliphatic rings. The number of phosphoric ester groups is 1. The molecule has 0 bridgehead atoms. The summed E-state index contributed by atoms with van der Waals surface area (Å²) in [6.45, 7) is 1.96. The van der Waals surface area contributed by atoms with Crippen molar-refractivity contribution >= 4 is 111 Å². The zero-order valence-corrected chi connectivity index (χ0v) is 23.0. The molecule has 0 aromatic heterocycles. The first-order chi connectivity index (χ1) is 14.0. The van der Waals surface area contributed by atoms with Gasteiger partial charge in [-0.15, -0.1) is 0 Å². The number of carbonyl (C=O) groups excluding carboxylic acids is 2. The van der Waals surface area contributed by atoms with Gasteiger partial charge < -0.3 is 36.4 Å². The number of nitrogens with two attached hydrogens (primary N) is 1. The van der Waals surface area contributed by atoms with Crippen LogP contribution in [0, 0.1) is 10.7 Å². The molecule has 174 valence electrons. The summed E-state index contributed by atoms with van der Waals surface area (Å²) in [7, 11) is -4.60. The number of benzene rings is 1. The van der Waals surface area contributed by atoms with E-state index in [1.807, 2.05) is 67.8 Å². The quantitative estimate of drug-likeness (QED) is 0.155. The molecule has 0 heterocycles. The lowest BCUT2D eigenvalue weighted by molar-refractivity contribution is -0.139. The van der Waals surface area contributed by atoms with Crippen LogP contribution >= 0.6 is 75.6 Å². The molecule has 1 aromatic rings. The van der Waals surface area contributed by atoms with E-state index in [0.29, 0.717) is 22.1 Å². The zero-order chi connectivity index (χ0) is 24.7. The number of rotatable bonds is 7. The number of aromatic carboxylic acids is 1. The maximum Gasteiger partial charge on any atom is 0.469 e. The minimum absolute atomic E-state index is 0.0547. The van der Waals surface area contributed by atoms with Crippen molar-refractivity contribution in [2.45, 2.75) is 19.9 Å². The van der Waals surface area contributed by atoms with E-state index < -0.39 is 32.4 Å². The monoisotopic (exact) mass is 799 g/mol. The minimum Gasteiger partial charge on any atom is -0.480 e. The summed E-state index contributed by atoms with van der Waals surface area (Å²) in [6, 6.07) is -1.41. The second kappa shape index (κ2) is 13.2.